The fourth-order valence-corrected chi connectivity index (χ4v) is 9.06. The molecule has 4 aliphatic rings. The highest BCUT2D eigenvalue weighted by Gasteiger charge is 2.61. The Hall–Kier alpha value is -1.67. The minimum atomic E-state index is 0.146. The first-order valence-electron chi connectivity index (χ1n) is 12.8. The number of methoxy groups -OCH3 is 1. The van der Waals surface area contributed by atoms with Gasteiger partial charge in [-0.25, -0.2) is 4.98 Å². The predicted molar refractivity (Wildman–Crippen MR) is 123 cm³/mol. The maximum atomic E-state index is 13.4. The summed E-state index contributed by atoms with van der Waals surface area (Å²) in [5, 5.41) is 9.03. The molecule has 0 spiro atoms. The summed E-state index contributed by atoms with van der Waals surface area (Å²) in [4.78, 5) is 17.4. The number of hydrogen-bond donors (Lipinski definition) is 0. The third-order valence-electron chi connectivity index (χ3n) is 10.7. The molecular weight excluding hydrogens is 398 g/mol. The van der Waals surface area contributed by atoms with Gasteiger partial charge in [0.2, 0.25) is 0 Å². The molecule has 32 heavy (non-hydrogen) atoms. The van der Waals surface area contributed by atoms with Crippen LogP contribution in [0.5, 0.6) is 0 Å². The number of fused-ring (bicyclic) bond motifs is 5. The highest BCUT2D eigenvalue weighted by molar-refractivity contribution is 5.82. The van der Waals surface area contributed by atoms with Crippen molar-refractivity contribution in [3.63, 3.8) is 0 Å². The molecule has 0 saturated heterocycles. The number of carbonyl (C=O) groups excluding carboxylic acids is 1. The van der Waals surface area contributed by atoms with Crippen molar-refractivity contribution >= 4 is 5.78 Å². The van der Waals surface area contributed by atoms with Crippen molar-refractivity contribution in [2.75, 3.05) is 13.7 Å². The standard InChI is InChI=1S/C27H39N3O2/c1-26-10-8-18(16-32-3)12-19(26)4-5-21-22-6-7-24(27(22,2)11-9-23(21)26)25(31)15-30-14-20(13-28)29-17-30/h14,17-19,21-24H,4-12,15-16H2,1-3H3. The van der Waals surface area contributed by atoms with E-state index < -0.39 is 0 Å². The van der Waals surface area contributed by atoms with Crippen LogP contribution < -0.4 is 0 Å². The molecule has 1 heterocycles. The number of ether oxygens (including phenoxy) is 1. The van der Waals surface area contributed by atoms with Crippen LogP contribution in [-0.4, -0.2) is 29.1 Å². The predicted octanol–water partition coefficient (Wildman–Crippen LogP) is 5.25. The lowest BCUT2D eigenvalue weighted by molar-refractivity contribution is -0.138. The highest BCUT2D eigenvalue weighted by atomic mass is 16.5. The summed E-state index contributed by atoms with van der Waals surface area (Å²) in [6.07, 6.45) is 14.9. The smallest absolute Gasteiger partial charge is 0.158 e. The number of hydrogen-bond acceptors (Lipinski definition) is 4. The third-order valence-corrected chi connectivity index (χ3v) is 10.7. The number of carbonyl (C=O) groups is 1. The van der Waals surface area contributed by atoms with Crippen molar-refractivity contribution in [2.24, 2.45) is 46.3 Å². The number of nitrogens with zero attached hydrogens (tertiary/aromatic N) is 3. The molecule has 5 rings (SSSR count). The van der Waals surface area contributed by atoms with Gasteiger partial charge in [-0.1, -0.05) is 13.8 Å². The third kappa shape index (κ3) is 3.45. The van der Waals surface area contributed by atoms with Gasteiger partial charge in [0.05, 0.1) is 12.9 Å². The molecule has 1 aromatic heterocycles. The Morgan fingerprint density at radius 1 is 1.16 bits per heavy atom. The van der Waals surface area contributed by atoms with E-state index in [1.165, 1.54) is 51.4 Å². The van der Waals surface area contributed by atoms with Gasteiger partial charge in [0.15, 0.2) is 11.5 Å². The van der Waals surface area contributed by atoms with Crippen LogP contribution in [0.3, 0.4) is 0 Å². The molecule has 0 aromatic carbocycles. The minimum absolute atomic E-state index is 0.146. The lowest BCUT2D eigenvalue weighted by atomic mass is 9.44. The van der Waals surface area contributed by atoms with Gasteiger partial charge in [0.1, 0.15) is 6.07 Å². The molecule has 1 aromatic rings. The van der Waals surface area contributed by atoms with Crippen molar-refractivity contribution in [1.29, 1.82) is 5.26 Å². The van der Waals surface area contributed by atoms with Gasteiger partial charge >= 0.3 is 0 Å². The van der Waals surface area contributed by atoms with E-state index in [0.29, 0.717) is 29.4 Å². The van der Waals surface area contributed by atoms with E-state index >= 15 is 0 Å². The summed E-state index contributed by atoms with van der Waals surface area (Å²) < 4.78 is 7.30. The summed E-state index contributed by atoms with van der Waals surface area (Å²) in [6.45, 7) is 6.33. The number of imidazole rings is 1. The van der Waals surface area contributed by atoms with Crippen LogP contribution in [0.25, 0.3) is 0 Å². The monoisotopic (exact) mass is 437 g/mol. The Balaban J connectivity index is 1.31. The maximum absolute atomic E-state index is 13.4. The van der Waals surface area contributed by atoms with Gasteiger partial charge < -0.3 is 9.30 Å². The van der Waals surface area contributed by atoms with Gasteiger partial charge in [0.25, 0.3) is 0 Å². The molecule has 4 fully saturated rings. The Kier molecular flexibility index (Phi) is 5.73. The second kappa shape index (κ2) is 8.28. The number of rotatable bonds is 5. The fourth-order valence-electron chi connectivity index (χ4n) is 9.06. The molecule has 4 saturated carbocycles. The van der Waals surface area contributed by atoms with Crippen LogP contribution >= 0.6 is 0 Å². The second-order valence-corrected chi connectivity index (χ2v) is 11.9. The van der Waals surface area contributed by atoms with E-state index in [1.54, 1.807) is 17.1 Å². The number of ketones is 1. The van der Waals surface area contributed by atoms with Crippen LogP contribution in [0.2, 0.25) is 0 Å². The van der Waals surface area contributed by atoms with E-state index in [9.17, 15) is 4.79 Å². The first-order valence-corrected chi connectivity index (χ1v) is 12.8. The van der Waals surface area contributed by atoms with Crippen molar-refractivity contribution in [1.82, 2.24) is 9.55 Å². The first kappa shape index (κ1) is 22.1. The van der Waals surface area contributed by atoms with Gasteiger partial charge in [-0.3, -0.25) is 4.79 Å². The maximum Gasteiger partial charge on any atom is 0.158 e. The van der Waals surface area contributed by atoms with Gasteiger partial charge in [-0.2, -0.15) is 5.26 Å². The molecule has 0 N–H and O–H groups in total. The molecule has 5 nitrogen and oxygen atoms in total. The van der Waals surface area contributed by atoms with Crippen LogP contribution in [0.1, 0.15) is 77.3 Å². The van der Waals surface area contributed by atoms with Gasteiger partial charge in [-0.05, 0) is 98.2 Å². The fraction of sp³-hybridized carbons (Fsp3) is 0.815. The molecule has 174 valence electrons. The van der Waals surface area contributed by atoms with E-state index in [-0.39, 0.29) is 11.3 Å². The molecule has 8 unspecified atom stereocenters. The molecule has 5 heteroatoms. The van der Waals surface area contributed by atoms with E-state index in [2.05, 4.69) is 24.9 Å². The zero-order valence-electron chi connectivity index (χ0n) is 20.1. The Bertz CT molecular complexity index is 903. The van der Waals surface area contributed by atoms with Gasteiger partial charge in [0, 0.05) is 25.8 Å². The molecule has 0 radical (unpaired) electrons. The van der Waals surface area contributed by atoms with E-state index in [1.807, 2.05) is 7.11 Å². The largest absolute Gasteiger partial charge is 0.384 e. The zero-order chi connectivity index (χ0) is 22.5. The van der Waals surface area contributed by atoms with Gasteiger partial charge in [-0.15, -0.1) is 0 Å². The van der Waals surface area contributed by atoms with Crippen LogP contribution in [-0.2, 0) is 16.1 Å². The summed E-state index contributed by atoms with van der Waals surface area (Å²) in [6, 6.07) is 2.06. The first-order chi connectivity index (χ1) is 15.4. The SMILES string of the molecule is COCC1CCC2(C)C(CCC3C2CCC2(C)C(C(=O)Cn4cnc(C#N)c4)CCC32)C1. The normalized spacial score (nSPS) is 43.1. The Morgan fingerprint density at radius 3 is 2.69 bits per heavy atom. The minimum Gasteiger partial charge on any atom is -0.384 e. The Morgan fingerprint density at radius 2 is 1.94 bits per heavy atom. The second-order valence-electron chi connectivity index (χ2n) is 11.9. The van der Waals surface area contributed by atoms with Crippen LogP contribution in [0.4, 0.5) is 0 Å². The Labute approximate surface area is 192 Å². The molecule has 0 aliphatic heterocycles. The van der Waals surface area contributed by atoms with Crippen molar-refractivity contribution in [3.8, 4) is 6.07 Å². The summed E-state index contributed by atoms with van der Waals surface area (Å²) in [7, 11) is 1.85. The average molecular weight is 438 g/mol. The molecular formula is C27H39N3O2. The number of Topliss-reactive ketones (excluding diaryl/α,β-unsaturated/α-hetero) is 1. The lowest BCUT2D eigenvalue weighted by Crippen LogP contribution is -2.54. The summed E-state index contributed by atoms with van der Waals surface area (Å²) in [5.74, 6) is 4.44. The molecule has 0 bridgehead atoms. The van der Waals surface area contributed by atoms with Crippen molar-refractivity contribution in [2.45, 2.75) is 78.2 Å². The molecule has 8 atom stereocenters. The number of nitriles is 1. The van der Waals surface area contributed by atoms with Crippen LogP contribution in [0, 0.1) is 57.7 Å². The lowest BCUT2D eigenvalue weighted by Gasteiger charge is -2.61. The average Bonchev–Trinajstić information content (AvgIpc) is 3.37. The molecule has 4 aliphatic carbocycles. The van der Waals surface area contributed by atoms with E-state index in [4.69, 9.17) is 10.00 Å². The summed E-state index contributed by atoms with van der Waals surface area (Å²) in [5.41, 5.74) is 1.02. The zero-order valence-corrected chi connectivity index (χ0v) is 20.1. The topological polar surface area (TPSA) is 67.9 Å². The van der Waals surface area contributed by atoms with E-state index in [0.717, 1.165) is 36.7 Å². The number of aromatic nitrogens is 2. The quantitative estimate of drug-likeness (QED) is 0.631. The molecule has 0 amide bonds. The summed E-state index contributed by atoms with van der Waals surface area (Å²) >= 11 is 0. The van der Waals surface area contributed by atoms with Crippen molar-refractivity contribution in [3.05, 3.63) is 18.2 Å². The van der Waals surface area contributed by atoms with Crippen LogP contribution in [0.15, 0.2) is 12.5 Å². The highest BCUT2D eigenvalue weighted by Crippen LogP contribution is 2.67. The van der Waals surface area contributed by atoms with Crippen molar-refractivity contribution < 1.29 is 9.53 Å².